The van der Waals surface area contributed by atoms with Crippen molar-refractivity contribution in [2.24, 2.45) is 0 Å². The van der Waals surface area contributed by atoms with Gasteiger partial charge in [0.25, 0.3) is 5.91 Å². The maximum atomic E-state index is 12.1. The molecule has 0 radical (unpaired) electrons. The van der Waals surface area contributed by atoms with Gasteiger partial charge in [-0.3, -0.25) is 4.79 Å². The van der Waals surface area contributed by atoms with E-state index in [0.717, 1.165) is 36.5 Å². The fourth-order valence-electron chi connectivity index (χ4n) is 2.07. The number of hydrogen-bond donors (Lipinski definition) is 2. The van der Waals surface area contributed by atoms with Crippen LogP contribution in [0.25, 0.3) is 0 Å². The molecule has 2 N–H and O–H groups in total. The first kappa shape index (κ1) is 13.5. The molecule has 0 aliphatic carbocycles. The van der Waals surface area contributed by atoms with Crippen molar-refractivity contribution < 1.29 is 14.4 Å². The molecule has 18 heavy (non-hydrogen) atoms. The summed E-state index contributed by atoms with van der Waals surface area (Å²) in [6.45, 7) is 5.24. The number of carbonyl (C=O) groups excluding carboxylic acids is 1. The van der Waals surface area contributed by atoms with Crippen molar-refractivity contribution in [2.75, 3.05) is 31.6 Å². The molecular formula is C13H18BrN2O2+. The van der Waals surface area contributed by atoms with Crippen LogP contribution in [0.2, 0.25) is 0 Å². The van der Waals surface area contributed by atoms with E-state index in [9.17, 15) is 4.79 Å². The Morgan fingerprint density at radius 2 is 2.17 bits per heavy atom. The summed E-state index contributed by atoms with van der Waals surface area (Å²) in [6.07, 6.45) is 0. The summed E-state index contributed by atoms with van der Waals surface area (Å²) < 4.78 is 6.27. The average molecular weight is 314 g/mol. The van der Waals surface area contributed by atoms with Gasteiger partial charge in [0.1, 0.15) is 13.1 Å². The van der Waals surface area contributed by atoms with Gasteiger partial charge in [0.15, 0.2) is 6.04 Å². The second-order valence-corrected chi connectivity index (χ2v) is 5.41. The third-order valence-corrected chi connectivity index (χ3v) is 3.73. The van der Waals surface area contributed by atoms with Crippen LogP contribution in [0.4, 0.5) is 5.69 Å². The Morgan fingerprint density at radius 1 is 1.44 bits per heavy atom. The van der Waals surface area contributed by atoms with E-state index in [0.29, 0.717) is 0 Å². The SMILES string of the molecule is C[C@H](C(=O)Nc1cccc(Br)c1)[NH+]1CCOCC1. The Kier molecular flexibility index (Phi) is 4.74. The summed E-state index contributed by atoms with van der Waals surface area (Å²) in [5.41, 5.74) is 0.828. The number of amides is 1. The third-order valence-electron chi connectivity index (χ3n) is 3.23. The van der Waals surface area contributed by atoms with E-state index in [-0.39, 0.29) is 11.9 Å². The maximum absolute atomic E-state index is 12.1. The smallest absolute Gasteiger partial charge is 0.282 e. The van der Waals surface area contributed by atoms with Gasteiger partial charge in [-0.1, -0.05) is 22.0 Å². The minimum atomic E-state index is -0.0483. The van der Waals surface area contributed by atoms with Crippen molar-refractivity contribution in [3.05, 3.63) is 28.7 Å². The highest BCUT2D eigenvalue weighted by atomic mass is 79.9. The largest absolute Gasteiger partial charge is 0.370 e. The molecule has 98 valence electrons. The third kappa shape index (κ3) is 3.54. The molecule has 1 aliphatic rings. The Hall–Kier alpha value is -0.910. The average Bonchev–Trinajstić information content (AvgIpc) is 2.39. The lowest BCUT2D eigenvalue weighted by molar-refractivity contribution is -0.921. The van der Waals surface area contributed by atoms with Gasteiger partial charge in [0.2, 0.25) is 0 Å². The van der Waals surface area contributed by atoms with Crippen molar-refractivity contribution in [1.29, 1.82) is 0 Å². The number of anilines is 1. The molecule has 0 unspecified atom stereocenters. The maximum Gasteiger partial charge on any atom is 0.282 e. The molecule has 0 spiro atoms. The molecular weight excluding hydrogens is 296 g/mol. The van der Waals surface area contributed by atoms with Crippen molar-refractivity contribution in [1.82, 2.24) is 0 Å². The summed E-state index contributed by atoms with van der Waals surface area (Å²) in [4.78, 5) is 13.4. The fourth-order valence-corrected chi connectivity index (χ4v) is 2.47. The lowest BCUT2D eigenvalue weighted by Crippen LogP contribution is -3.18. The highest BCUT2D eigenvalue weighted by Gasteiger charge is 2.26. The van der Waals surface area contributed by atoms with Gasteiger partial charge in [0, 0.05) is 10.2 Å². The Labute approximate surface area is 115 Å². The van der Waals surface area contributed by atoms with E-state index >= 15 is 0 Å². The summed E-state index contributed by atoms with van der Waals surface area (Å²) in [5, 5.41) is 2.95. The highest BCUT2D eigenvalue weighted by molar-refractivity contribution is 9.10. The topological polar surface area (TPSA) is 42.8 Å². The van der Waals surface area contributed by atoms with Crippen LogP contribution in [0.1, 0.15) is 6.92 Å². The monoisotopic (exact) mass is 313 g/mol. The molecule has 1 saturated heterocycles. The first-order chi connectivity index (χ1) is 8.66. The molecule has 1 aliphatic heterocycles. The molecule has 1 fully saturated rings. The zero-order chi connectivity index (χ0) is 13.0. The molecule has 0 saturated carbocycles. The van der Waals surface area contributed by atoms with Crippen LogP contribution in [0.5, 0.6) is 0 Å². The molecule has 5 heteroatoms. The quantitative estimate of drug-likeness (QED) is 0.862. The zero-order valence-electron chi connectivity index (χ0n) is 10.4. The van der Waals surface area contributed by atoms with Gasteiger partial charge in [-0.2, -0.15) is 0 Å². The van der Waals surface area contributed by atoms with Crippen LogP contribution in [0.3, 0.4) is 0 Å². The number of nitrogens with one attached hydrogen (secondary N) is 2. The van der Waals surface area contributed by atoms with Crippen LogP contribution in [-0.4, -0.2) is 38.3 Å². The van der Waals surface area contributed by atoms with Gasteiger partial charge in [-0.15, -0.1) is 0 Å². The Morgan fingerprint density at radius 3 is 2.83 bits per heavy atom. The lowest BCUT2D eigenvalue weighted by Gasteiger charge is -2.28. The van der Waals surface area contributed by atoms with E-state index in [1.54, 1.807) is 0 Å². The molecule has 2 rings (SSSR count). The van der Waals surface area contributed by atoms with Crippen molar-refractivity contribution in [3.8, 4) is 0 Å². The minimum Gasteiger partial charge on any atom is -0.370 e. The number of morpholine rings is 1. The van der Waals surface area contributed by atoms with Crippen molar-refractivity contribution in [2.45, 2.75) is 13.0 Å². The molecule has 1 heterocycles. The minimum absolute atomic E-state index is 0.0483. The number of hydrogen-bond acceptors (Lipinski definition) is 2. The summed E-state index contributed by atoms with van der Waals surface area (Å²) in [5.74, 6) is 0.0602. The highest BCUT2D eigenvalue weighted by Crippen LogP contribution is 2.15. The number of ether oxygens (including phenoxy) is 1. The van der Waals surface area contributed by atoms with Gasteiger partial charge in [-0.05, 0) is 25.1 Å². The standard InChI is InChI=1S/C13H17BrN2O2/c1-10(16-5-7-18-8-6-16)13(17)15-12-4-2-3-11(14)9-12/h2-4,9-10H,5-8H2,1H3,(H,15,17)/p+1/t10-/m1/s1. The first-order valence-corrected chi connectivity index (χ1v) is 6.95. The van der Waals surface area contributed by atoms with E-state index in [1.807, 2.05) is 31.2 Å². The number of quaternary nitrogens is 1. The van der Waals surface area contributed by atoms with Gasteiger partial charge in [0.05, 0.1) is 13.2 Å². The molecule has 0 bridgehead atoms. The van der Waals surface area contributed by atoms with E-state index in [2.05, 4.69) is 21.2 Å². The summed E-state index contributed by atoms with van der Waals surface area (Å²) in [7, 11) is 0. The fraction of sp³-hybridized carbons (Fsp3) is 0.462. The van der Waals surface area contributed by atoms with Crippen molar-refractivity contribution in [3.63, 3.8) is 0 Å². The van der Waals surface area contributed by atoms with Gasteiger partial charge in [-0.25, -0.2) is 0 Å². The molecule has 1 aromatic carbocycles. The van der Waals surface area contributed by atoms with Crippen LogP contribution < -0.4 is 10.2 Å². The number of benzene rings is 1. The Balaban J connectivity index is 1.94. The second kappa shape index (κ2) is 6.31. The molecule has 1 aromatic rings. The van der Waals surface area contributed by atoms with Crippen LogP contribution in [0, 0.1) is 0 Å². The first-order valence-electron chi connectivity index (χ1n) is 6.15. The second-order valence-electron chi connectivity index (χ2n) is 4.49. The zero-order valence-corrected chi connectivity index (χ0v) is 12.0. The van der Waals surface area contributed by atoms with E-state index in [4.69, 9.17) is 4.74 Å². The molecule has 4 nitrogen and oxygen atoms in total. The lowest BCUT2D eigenvalue weighted by atomic mass is 10.2. The predicted molar refractivity (Wildman–Crippen MR) is 73.7 cm³/mol. The van der Waals surface area contributed by atoms with Crippen LogP contribution in [-0.2, 0) is 9.53 Å². The van der Waals surface area contributed by atoms with E-state index < -0.39 is 0 Å². The number of halogens is 1. The van der Waals surface area contributed by atoms with Gasteiger partial charge < -0.3 is 15.0 Å². The molecule has 0 aromatic heterocycles. The van der Waals surface area contributed by atoms with Crippen LogP contribution >= 0.6 is 15.9 Å². The van der Waals surface area contributed by atoms with Gasteiger partial charge >= 0.3 is 0 Å². The number of carbonyl (C=O) groups is 1. The predicted octanol–water partition coefficient (Wildman–Crippen LogP) is 0.691. The van der Waals surface area contributed by atoms with E-state index in [1.165, 1.54) is 4.90 Å². The number of rotatable bonds is 3. The Bertz CT molecular complexity index is 419. The van der Waals surface area contributed by atoms with Crippen molar-refractivity contribution >= 4 is 27.5 Å². The molecule has 1 amide bonds. The molecule has 1 atom stereocenters. The normalized spacial score (nSPS) is 18.3. The van der Waals surface area contributed by atoms with Crippen LogP contribution in [0.15, 0.2) is 28.7 Å². The summed E-state index contributed by atoms with van der Waals surface area (Å²) >= 11 is 3.39. The summed E-state index contributed by atoms with van der Waals surface area (Å²) in [6, 6.07) is 7.59.